The molecule has 0 saturated heterocycles. The van der Waals surface area contributed by atoms with Crippen LogP contribution in [0, 0.1) is 6.92 Å². The van der Waals surface area contributed by atoms with E-state index in [0.717, 1.165) is 25.7 Å². The third kappa shape index (κ3) is 3.67. The molecule has 2 heterocycles. The summed E-state index contributed by atoms with van der Waals surface area (Å²) in [6, 6.07) is 0. The maximum Gasteiger partial charge on any atom is 0.433 e. The molecular formula is C17H21ClF3N5O. The number of halogens is 4. The van der Waals surface area contributed by atoms with Gasteiger partial charge in [-0.2, -0.15) is 18.2 Å². The van der Waals surface area contributed by atoms with E-state index in [4.69, 9.17) is 10.3 Å². The second-order valence-electron chi connectivity index (χ2n) is 7.30. The standard InChI is InChI=1S/C17H20F3N5O.ClH/c1-9-22-12-5-4-10(8-11(12)13(23-9)17(18,19)20)14-24-15(25-26-14)16(21)6-2-3-7-16;/h10H,2-8,21H2,1H3;1H. The summed E-state index contributed by atoms with van der Waals surface area (Å²) in [4.78, 5) is 12.3. The molecule has 0 aromatic carbocycles. The predicted octanol–water partition coefficient (Wildman–Crippen LogP) is 3.61. The molecule has 2 aromatic rings. The summed E-state index contributed by atoms with van der Waals surface area (Å²) in [5.41, 5.74) is 5.52. The highest BCUT2D eigenvalue weighted by molar-refractivity contribution is 5.85. The Labute approximate surface area is 160 Å². The molecule has 0 spiro atoms. The summed E-state index contributed by atoms with van der Waals surface area (Å²) < 4.78 is 45.5. The van der Waals surface area contributed by atoms with Crippen molar-refractivity contribution >= 4 is 12.4 Å². The quantitative estimate of drug-likeness (QED) is 0.823. The minimum Gasteiger partial charge on any atom is -0.339 e. The van der Waals surface area contributed by atoms with E-state index in [-0.39, 0.29) is 36.1 Å². The van der Waals surface area contributed by atoms with Crippen LogP contribution in [0.3, 0.4) is 0 Å². The van der Waals surface area contributed by atoms with E-state index in [1.54, 1.807) is 0 Å². The molecule has 6 nitrogen and oxygen atoms in total. The molecule has 2 N–H and O–H groups in total. The Kier molecular flexibility index (Phi) is 5.20. The highest BCUT2D eigenvalue weighted by Gasteiger charge is 2.41. The number of aromatic nitrogens is 4. The Balaban J connectivity index is 0.00000210. The van der Waals surface area contributed by atoms with Crippen molar-refractivity contribution in [1.82, 2.24) is 20.1 Å². The topological polar surface area (TPSA) is 90.7 Å². The van der Waals surface area contributed by atoms with Gasteiger partial charge in [-0.1, -0.05) is 18.0 Å². The van der Waals surface area contributed by atoms with Crippen LogP contribution in [-0.4, -0.2) is 20.1 Å². The second kappa shape index (κ2) is 7.01. The fraction of sp³-hybridized carbons (Fsp3) is 0.647. The average Bonchev–Trinajstić information content (AvgIpc) is 3.23. The van der Waals surface area contributed by atoms with Crippen molar-refractivity contribution < 1.29 is 17.7 Å². The third-order valence-electron chi connectivity index (χ3n) is 5.39. The Morgan fingerprint density at radius 2 is 1.85 bits per heavy atom. The van der Waals surface area contributed by atoms with Crippen LogP contribution in [0.15, 0.2) is 4.52 Å². The Morgan fingerprint density at radius 3 is 2.52 bits per heavy atom. The molecule has 148 valence electrons. The molecule has 0 amide bonds. The summed E-state index contributed by atoms with van der Waals surface area (Å²) in [5.74, 6) is 0.685. The van der Waals surface area contributed by atoms with Crippen molar-refractivity contribution in [3.05, 3.63) is 34.5 Å². The Bertz CT molecular complexity index is 832. The fourth-order valence-electron chi connectivity index (χ4n) is 4.01. The number of aryl methyl sites for hydroxylation is 2. The minimum absolute atomic E-state index is 0. The van der Waals surface area contributed by atoms with E-state index in [2.05, 4.69) is 20.1 Å². The second-order valence-corrected chi connectivity index (χ2v) is 7.30. The molecule has 0 aliphatic heterocycles. The van der Waals surface area contributed by atoms with E-state index in [0.29, 0.717) is 30.3 Å². The summed E-state index contributed by atoms with van der Waals surface area (Å²) >= 11 is 0. The SMILES string of the molecule is Cc1nc2c(c(C(F)(F)F)n1)CC(c1nc(C3(N)CCCC3)no1)CC2.Cl. The zero-order valence-corrected chi connectivity index (χ0v) is 15.7. The normalized spacial score (nSPS) is 21.6. The monoisotopic (exact) mass is 403 g/mol. The molecule has 1 unspecified atom stereocenters. The van der Waals surface area contributed by atoms with Crippen LogP contribution < -0.4 is 5.73 Å². The largest absolute Gasteiger partial charge is 0.433 e. The molecule has 4 rings (SSSR count). The van der Waals surface area contributed by atoms with Crippen LogP contribution in [-0.2, 0) is 24.6 Å². The van der Waals surface area contributed by atoms with Gasteiger partial charge in [-0.05, 0) is 39.0 Å². The van der Waals surface area contributed by atoms with Gasteiger partial charge < -0.3 is 10.3 Å². The highest BCUT2D eigenvalue weighted by Crippen LogP contribution is 2.40. The van der Waals surface area contributed by atoms with Gasteiger partial charge in [0, 0.05) is 17.2 Å². The van der Waals surface area contributed by atoms with Gasteiger partial charge in [-0.25, -0.2) is 9.97 Å². The number of fused-ring (bicyclic) bond motifs is 1. The summed E-state index contributed by atoms with van der Waals surface area (Å²) in [7, 11) is 0. The van der Waals surface area contributed by atoms with Gasteiger partial charge in [0.1, 0.15) is 5.82 Å². The minimum atomic E-state index is -4.51. The molecule has 0 radical (unpaired) electrons. The molecule has 1 saturated carbocycles. The lowest BCUT2D eigenvalue weighted by atomic mass is 9.85. The van der Waals surface area contributed by atoms with E-state index < -0.39 is 17.4 Å². The zero-order chi connectivity index (χ0) is 18.5. The number of nitrogens with zero attached hydrogens (tertiary/aromatic N) is 4. The van der Waals surface area contributed by atoms with Gasteiger partial charge in [0.05, 0.1) is 5.54 Å². The summed E-state index contributed by atoms with van der Waals surface area (Å²) in [6.45, 7) is 1.48. The molecule has 27 heavy (non-hydrogen) atoms. The van der Waals surface area contributed by atoms with Gasteiger partial charge in [-0.3, -0.25) is 0 Å². The van der Waals surface area contributed by atoms with Crippen LogP contribution in [0.2, 0.25) is 0 Å². The Hall–Kier alpha value is -1.74. The molecule has 2 aliphatic carbocycles. The van der Waals surface area contributed by atoms with E-state index >= 15 is 0 Å². The predicted molar refractivity (Wildman–Crippen MR) is 92.4 cm³/mol. The average molecular weight is 404 g/mol. The number of hydrogen-bond donors (Lipinski definition) is 1. The van der Waals surface area contributed by atoms with Gasteiger partial charge in [-0.15, -0.1) is 12.4 Å². The molecule has 1 fully saturated rings. The van der Waals surface area contributed by atoms with Crippen LogP contribution >= 0.6 is 12.4 Å². The number of alkyl halides is 3. The highest BCUT2D eigenvalue weighted by atomic mass is 35.5. The molecule has 2 aliphatic rings. The van der Waals surface area contributed by atoms with Crippen molar-refractivity contribution in [2.75, 3.05) is 0 Å². The molecule has 1 atom stereocenters. The number of nitrogens with two attached hydrogens (primary N) is 1. The van der Waals surface area contributed by atoms with Crippen molar-refractivity contribution in [1.29, 1.82) is 0 Å². The van der Waals surface area contributed by atoms with E-state index in [1.807, 2.05) is 0 Å². The van der Waals surface area contributed by atoms with Gasteiger partial charge in [0.15, 0.2) is 11.5 Å². The van der Waals surface area contributed by atoms with Gasteiger partial charge >= 0.3 is 6.18 Å². The first-order chi connectivity index (χ1) is 12.3. The lowest BCUT2D eigenvalue weighted by Crippen LogP contribution is -2.34. The zero-order valence-electron chi connectivity index (χ0n) is 14.8. The lowest BCUT2D eigenvalue weighted by Gasteiger charge is -2.24. The maximum atomic E-state index is 13.4. The molecule has 2 aromatic heterocycles. The summed E-state index contributed by atoms with van der Waals surface area (Å²) in [5, 5.41) is 4.02. The van der Waals surface area contributed by atoms with Crippen LogP contribution in [0.4, 0.5) is 13.2 Å². The van der Waals surface area contributed by atoms with Crippen LogP contribution in [0.5, 0.6) is 0 Å². The first-order valence-electron chi connectivity index (χ1n) is 8.83. The summed E-state index contributed by atoms with van der Waals surface area (Å²) in [6.07, 6.45) is 0.299. The van der Waals surface area contributed by atoms with Crippen molar-refractivity contribution in [3.63, 3.8) is 0 Å². The van der Waals surface area contributed by atoms with E-state index in [9.17, 15) is 13.2 Å². The number of hydrogen-bond acceptors (Lipinski definition) is 6. The van der Waals surface area contributed by atoms with E-state index in [1.165, 1.54) is 6.92 Å². The fourth-order valence-corrected chi connectivity index (χ4v) is 4.01. The van der Waals surface area contributed by atoms with Crippen molar-refractivity contribution in [2.24, 2.45) is 5.73 Å². The van der Waals surface area contributed by atoms with Crippen LogP contribution in [0.25, 0.3) is 0 Å². The van der Waals surface area contributed by atoms with Gasteiger partial charge in [0.2, 0.25) is 5.89 Å². The maximum absolute atomic E-state index is 13.4. The van der Waals surface area contributed by atoms with Crippen molar-refractivity contribution in [2.45, 2.75) is 69.5 Å². The van der Waals surface area contributed by atoms with Crippen LogP contribution in [0.1, 0.15) is 72.5 Å². The first-order valence-corrected chi connectivity index (χ1v) is 8.83. The first kappa shape index (κ1) is 20.0. The smallest absolute Gasteiger partial charge is 0.339 e. The molecule has 0 bridgehead atoms. The lowest BCUT2D eigenvalue weighted by molar-refractivity contribution is -0.142. The van der Waals surface area contributed by atoms with Crippen molar-refractivity contribution in [3.8, 4) is 0 Å². The number of rotatable bonds is 2. The molecule has 10 heteroatoms. The Morgan fingerprint density at radius 1 is 1.15 bits per heavy atom. The van der Waals surface area contributed by atoms with Gasteiger partial charge in [0.25, 0.3) is 0 Å². The third-order valence-corrected chi connectivity index (χ3v) is 5.39. The molecular weight excluding hydrogens is 383 g/mol.